The lowest BCUT2D eigenvalue weighted by Crippen LogP contribution is -2.13. The highest BCUT2D eigenvalue weighted by atomic mass is 15.1. The molecule has 0 amide bonds. The highest BCUT2D eigenvalue weighted by Crippen LogP contribution is 2.49. The maximum atomic E-state index is 2.48. The normalized spacial score (nSPS) is 11.5. The number of nitrogens with zero attached hydrogens (tertiary/aromatic N) is 2. The van der Waals surface area contributed by atoms with Crippen molar-refractivity contribution in [2.75, 3.05) is 4.90 Å². The third-order valence-corrected chi connectivity index (χ3v) is 10.4. The Morgan fingerprint density at radius 3 is 1.50 bits per heavy atom. The minimum atomic E-state index is 1.11. The first kappa shape index (κ1) is 30.0. The second-order valence-corrected chi connectivity index (χ2v) is 13.3. The summed E-state index contributed by atoms with van der Waals surface area (Å²) in [5.74, 6) is 0. The number of aromatic nitrogens is 1. The van der Waals surface area contributed by atoms with Gasteiger partial charge in [0.25, 0.3) is 0 Å². The average Bonchev–Trinajstić information content (AvgIpc) is 3.56. The minimum absolute atomic E-state index is 1.11. The second-order valence-electron chi connectivity index (χ2n) is 13.3. The third-order valence-electron chi connectivity index (χ3n) is 10.4. The zero-order valence-electron chi connectivity index (χ0n) is 28.5. The van der Waals surface area contributed by atoms with Gasteiger partial charge in [0.05, 0.1) is 33.8 Å². The molecule has 1 heterocycles. The van der Waals surface area contributed by atoms with Gasteiger partial charge in [-0.15, -0.1) is 0 Å². The molecule has 2 heteroatoms. The molecular weight excluding hydrogens is 629 g/mol. The smallest absolute Gasteiger partial charge is 0.0547 e. The molecule has 9 aromatic carbocycles. The van der Waals surface area contributed by atoms with Crippen LogP contribution in [0.4, 0.5) is 17.1 Å². The van der Waals surface area contributed by atoms with Crippen LogP contribution in [0.5, 0.6) is 0 Å². The molecule has 10 aromatic rings. The maximum Gasteiger partial charge on any atom is 0.0547 e. The van der Waals surface area contributed by atoms with E-state index in [4.69, 9.17) is 0 Å². The van der Waals surface area contributed by atoms with Crippen molar-refractivity contribution in [1.29, 1.82) is 0 Å². The van der Waals surface area contributed by atoms with Crippen molar-refractivity contribution in [2.45, 2.75) is 0 Å². The van der Waals surface area contributed by atoms with E-state index < -0.39 is 0 Å². The van der Waals surface area contributed by atoms with E-state index in [1.807, 2.05) is 0 Å². The fraction of sp³-hybridized carbons (Fsp3) is 0. The Morgan fingerprint density at radius 1 is 0.308 bits per heavy atom. The Morgan fingerprint density at radius 2 is 0.788 bits per heavy atom. The fourth-order valence-electron chi connectivity index (χ4n) is 8.11. The number of hydrogen-bond acceptors (Lipinski definition) is 1. The molecule has 1 aromatic heterocycles. The van der Waals surface area contributed by atoms with Crippen LogP contribution in [0.2, 0.25) is 0 Å². The van der Waals surface area contributed by atoms with Crippen molar-refractivity contribution < 1.29 is 0 Å². The highest BCUT2D eigenvalue weighted by molar-refractivity contribution is 6.13. The summed E-state index contributed by atoms with van der Waals surface area (Å²) >= 11 is 0. The van der Waals surface area contributed by atoms with Crippen molar-refractivity contribution in [3.8, 4) is 27.9 Å². The highest BCUT2D eigenvalue weighted by Gasteiger charge is 2.25. The van der Waals surface area contributed by atoms with Gasteiger partial charge in [0.15, 0.2) is 0 Å². The van der Waals surface area contributed by atoms with E-state index in [1.54, 1.807) is 0 Å². The number of fused-ring (bicyclic) bond motifs is 5. The van der Waals surface area contributed by atoms with Gasteiger partial charge < -0.3 is 9.47 Å². The Balaban J connectivity index is 1.33. The lowest BCUT2D eigenvalue weighted by molar-refractivity contribution is 1.18. The fourth-order valence-corrected chi connectivity index (χ4v) is 8.11. The van der Waals surface area contributed by atoms with Crippen molar-refractivity contribution in [3.63, 3.8) is 0 Å². The van der Waals surface area contributed by atoms with Crippen LogP contribution < -0.4 is 4.90 Å². The summed E-state index contributed by atoms with van der Waals surface area (Å²) in [5, 5.41) is 7.32. The van der Waals surface area contributed by atoms with Crippen molar-refractivity contribution in [1.82, 2.24) is 4.57 Å². The molecule has 0 N–H and O–H groups in total. The van der Waals surface area contributed by atoms with E-state index in [0.717, 1.165) is 28.3 Å². The number of para-hydroxylation sites is 4. The van der Waals surface area contributed by atoms with Gasteiger partial charge in [-0.05, 0) is 58.1 Å². The molecule has 0 saturated carbocycles. The Bertz CT molecular complexity index is 2860. The Hall–Kier alpha value is -6.90. The van der Waals surface area contributed by atoms with Crippen molar-refractivity contribution in [3.05, 3.63) is 206 Å². The Labute approximate surface area is 303 Å². The van der Waals surface area contributed by atoms with Crippen molar-refractivity contribution >= 4 is 60.4 Å². The van der Waals surface area contributed by atoms with E-state index >= 15 is 0 Å². The zero-order chi connectivity index (χ0) is 34.4. The molecule has 0 bridgehead atoms. The quantitative estimate of drug-likeness (QED) is 0.172. The monoisotopic (exact) mass is 662 g/mol. The standard InChI is InChI=1S/C50H34N2/c1-2-17-35(18-3-1)38-23-8-12-28-44(38)51(45-32-16-21-36-19-4-6-22-39(36)45)48-31-15-11-27-43(48)50-40-24-7-5-20-37(40)33-34-49(50)52-46-29-13-9-25-41(46)42-26-10-14-30-47(42)52/h1-34H. The summed E-state index contributed by atoms with van der Waals surface area (Å²) < 4.78 is 2.46. The van der Waals surface area contributed by atoms with Crippen LogP contribution in [-0.2, 0) is 0 Å². The molecule has 52 heavy (non-hydrogen) atoms. The lowest BCUT2D eigenvalue weighted by Gasteiger charge is -2.31. The molecule has 0 atom stereocenters. The lowest BCUT2D eigenvalue weighted by atomic mass is 9.93. The first-order chi connectivity index (χ1) is 25.8. The van der Waals surface area contributed by atoms with Gasteiger partial charge in [-0.25, -0.2) is 0 Å². The van der Waals surface area contributed by atoms with Gasteiger partial charge in [0, 0.05) is 32.8 Å². The topological polar surface area (TPSA) is 8.17 Å². The first-order valence-electron chi connectivity index (χ1n) is 17.9. The van der Waals surface area contributed by atoms with Crippen LogP contribution in [0.15, 0.2) is 206 Å². The summed E-state index contributed by atoms with van der Waals surface area (Å²) in [6, 6.07) is 74.8. The molecule has 0 aliphatic carbocycles. The van der Waals surface area contributed by atoms with E-state index in [-0.39, 0.29) is 0 Å². The molecular formula is C50H34N2. The van der Waals surface area contributed by atoms with Crippen molar-refractivity contribution in [2.24, 2.45) is 0 Å². The molecule has 244 valence electrons. The second kappa shape index (κ2) is 12.5. The molecule has 0 fully saturated rings. The van der Waals surface area contributed by atoms with Gasteiger partial charge in [0.2, 0.25) is 0 Å². The first-order valence-corrected chi connectivity index (χ1v) is 17.9. The summed E-state index contributed by atoms with van der Waals surface area (Å²) in [5.41, 5.74) is 11.6. The molecule has 2 nitrogen and oxygen atoms in total. The molecule has 0 saturated heterocycles. The molecule has 0 aliphatic rings. The molecule has 0 aliphatic heterocycles. The average molecular weight is 663 g/mol. The SMILES string of the molecule is c1ccc(-c2ccccc2N(c2ccccc2-c2c(-n3c4ccccc4c4ccccc43)ccc3ccccc23)c2cccc3ccccc23)cc1. The molecule has 10 rings (SSSR count). The number of hydrogen-bond donors (Lipinski definition) is 0. The van der Waals surface area contributed by atoms with Gasteiger partial charge in [-0.1, -0.05) is 170 Å². The van der Waals surface area contributed by atoms with E-state index in [2.05, 4.69) is 216 Å². The summed E-state index contributed by atoms with van der Waals surface area (Å²) in [6.45, 7) is 0. The third kappa shape index (κ3) is 4.80. The van der Waals surface area contributed by atoms with E-state index in [1.165, 1.54) is 60.0 Å². The predicted molar refractivity (Wildman–Crippen MR) is 221 cm³/mol. The van der Waals surface area contributed by atoms with Crippen LogP contribution >= 0.6 is 0 Å². The van der Waals surface area contributed by atoms with Crippen LogP contribution in [0.1, 0.15) is 0 Å². The predicted octanol–water partition coefficient (Wildman–Crippen LogP) is 13.9. The summed E-state index contributed by atoms with van der Waals surface area (Å²) in [6.07, 6.45) is 0. The van der Waals surface area contributed by atoms with Gasteiger partial charge in [0.1, 0.15) is 0 Å². The maximum absolute atomic E-state index is 2.48. The van der Waals surface area contributed by atoms with Gasteiger partial charge in [-0.3, -0.25) is 0 Å². The van der Waals surface area contributed by atoms with Crippen LogP contribution in [0, 0.1) is 0 Å². The molecule has 0 unspecified atom stereocenters. The zero-order valence-corrected chi connectivity index (χ0v) is 28.5. The minimum Gasteiger partial charge on any atom is -0.309 e. The van der Waals surface area contributed by atoms with E-state index in [0.29, 0.717) is 0 Å². The number of rotatable bonds is 6. The van der Waals surface area contributed by atoms with E-state index in [9.17, 15) is 0 Å². The van der Waals surface area contributed by atoms with Crippen LogP contribution in [0.3, 0.4) is 0 Å². The summed E-state index contributed by atoms with van der Waals surface area (Å²) in [4.78, 5) is 2.48. The van der Waals surface area contributed by atoms with Crippen LogP contribution in [-0.4, -0.2) is 4.57 Å². The number of anilines is 3. The van der Waals surface area contributed by atoms with Crippen LogP contribution in [0.25, 0.3) is 71.3 Å². The largest absolute Gasteiger partial charge is 0.309 e. The van der Waals surface area contributed by atoms with Gasteiger partial charge in [-0.2, -0.15) is 0 Å². The summed E-state index contributed by atoms with van der Waals surface area (Å²) in [7, 11) is 0. The number of benzene rings is 9. The molecule has 0 spiro atoms. The van der Waals surface area contributed by atoms with Gasteiger partial charge >= 0.3 is 0 Å². The Kier molecular flexibility index (Phi) is 7.18. The molecule has 0 radical (unpaired) electrons.